The SMILES string of the molecule is COC(=O)C1(N(C(=O)C(F)(F)F)c2cccc(Cl)c2)CCC2(CC1)c1cc(OP(=O)([O-])OCC[N+](C)(C)C)ccc1C[C@@H]2C[C@@H](C)COc1ccnc2c1[C@H](C)CCC2. The average Bonchev–Trinajstić information content (AvgIpc) is 3.44. The van der Waals surface area contributed by atoms with Gasteiger partial charge in [-0.05, 0) is 128 Å². The molecule has 0 N–H and O–H groups in total. The third kappa shape index (κ3) is 9.78. The number of quaternary nitrogens is 1. The molecule has 1 spiro atoms. The summed E-state index contributed by atoms with van der Waals surface area (Å²) in [5.41, 5.74) is 0.956. The van der Waals surface area contributed by atoms with Gasteiger partial charge in [0.2, 0.25) is 0 Å². The number of ether oxygens (including phenoxy) is 2. The van der Waals surface area contributed by atoms with E-state index in [0.29, 0.717) is 41.3 Å². The predicted molar refractivity (Wildman–Crippen MR) is 215 cm³/mol. The monoisotopic (exact) mass is 863 g/mol. The molecule has 2 aromatic carbocycles. The van der Waals surface area contributed by atoms with Crippen molar-refractivity contribution < 1.29 is 55.2 Å². The van der Waals surface area contributed by atoms with Crippen molar-refractivity contribution >= 4 is 37.0 Å². The van der Waals surface area contributed by atoms with E-state index in [0.717, 1.165) is 54.5 Å². The number of fused-ring (bicyclic) bond motifs is 3. The highest BCUT2D eigenvalue weighted by Gasteiger charge is 2.60. The number of hydrogen-bond donors (Lipinski definition) is 0. The van der Waals surface area contributed by atoms with Crippen LogP contribution in [0.4, 0.5) is 18.9 Å². The number of halogens is 4. The number of hydrogen-bond acceptors (Lipinski definition) is 9. The Bertz CT molecular complexity index is 2070. The maximum Gasteiger partial charge on any atom is 0.471 e. The molecule has 0 bridgehead atoms. The Hall–Kier alpha value is -3.68. The van der Waals surface area contributed by atoms with Gasteiger partial charge in [-0.15, -0.1) is 0 Å². The summed E-state index contributed by atoms with van der Waals surface area (Å²) < 4.78 is 79.1. The lowest BCUT2D eigenvalue weighted by Crippen LogP contribution is -2.63. The summed E-state index contributed by atoms with van der Waals surface area (Å²) in [4.78, 5) is 45.4. The van der Waals surface area contributed by atoms with Crippen LogP contribution in [-0.4, -0.2) is 81.1 Å². The number of alkyl halides is 3. The second-order valence-electron chi connectivity index (χ2n) is 17.5. The molecule has 1 aromatic heterocycles. The van der Waals surface area contributed by atoms with Crippen molar-refractivity contribution in [3.05, 3.63) is 82.1 Å². The third-order valence-electron chi connectivity index (χ3n) is 12.4. The van der Waals surface area contributed by atoms with Crippen LogP contribution in [0.3, 0.4) is 0 Å². The number of phosphoric acid groups is 1. The summed E-state index contributed by atoms with van der Waals surface area (Å²) in [6.45, 7) is 5.01. The molecule has 6 rings (SSSR count). The fraction of sp³-hybridized carbons (Fsp3) is 0.558. The number of aromatic nitrogens is 1. The number of amides is 1. The molecule has 59 heavy (non-hydrogen) atoms. The van der Waals surface area contributed by atoms with E-state index in [-0.39, 0.29) is 60.6 Å². The van der Waals surface area contributed by atoms with Gasteiger partial charge in [0.1, 0.15) is 30.2 Å². The predicted octanol–water partition coefficient (Wildman–Crippen LogP) is 8.34. The van der Waals surface area contributed by atoms with Crippen LogP contribution in [-0.2, 0) is 41.7 Å². The topological polar surface area (TPSA) is 127 Å². The summed E-state index contributed by atoms with van der Waals surface area (Å²) in [6, 6.07) is 12.4. The summed E-state index contributed by atoms with van der Waals surface area (Å²) in [5, 5.41) is 0.0853. The van der Waals surface area contributed by atoms with E-state index < -0.39 is 36.8 Å². The number of pyridine rings is 1. The lowest BCUT2D eigenvalue weighted by atomic mass is 9.59. The first-order chi connectivity index (χ1) is 27.7. The van der Waals surface area contributed by atoms with E-state index in [2.05, 4.69) is 18.8 Å². The second-order valence-corrected chi connectivity index (χ2v) is 19.3. The van der Waals surface area contributed by atoms with Crippen LogP contribution in [0.1, 0.15) is 87.1 Å². The molecular weight excluding hydrogens is 810 g/mol. The number of benzene rings is 2. The smallest absolute Gasteiger partial charge is 0.471 e. The summed E-state index contributed by atoms with van der Waals surface area (Å²) in [5.74, 6) is -2.09. The van der Waals surface area contributed by atoms with E-state index >= 15 is 0 Å². The number of nitrogens with zero attached hydrogens (tertiary/aromatic N) is 3. The van der Waals surface area contributed by atoms with Crippen molar-refractivity contribution in [1.82, 2.24) is 4.98 Å². The highest BCUT2D eigenvalue weighted by Crippen LogP contribution is 2.58. The third-order valence-corrected chi connectivity index (χ3v) is 13.5. The normalized spacial score (nSPS) is 24.4. The van der Waals surface area contributed by atoms with Crippen LogP contribution in [0, 0.1) is 11.8 Å². The number of phosphoric ester groups is 1. The van der Waals surface area contributed by atoms with Crippen molar-refractivity contribution in [1.29, 1.82) is 0 Å². The summed E-state index contributed by atoms with van der Waals surface area (Å²) in [7, 11) is 2.02. The standard InChI is InChI=1S/C43H54ClF3N3O8P/c1-28(27-56-37-15-20-48-36-12-7-9-29(2)38(36)37)23-31-24-30-13-14-34(58-59(53,54)57-22-21-50(3,4)5)26-35(30)41(31)16-18-42(19-17-41,40(52)55-6)49(39(51)43(45,46)47)33-11-8-10-32(44)25-33/h8,10-11,13-15,20,25-26,28-29,31H,7,9,12,16-19,21-24,27H2,1-6H3/t28-,29-,31+,41?,42?/m1/s1. The first-order valence-corrected chi connectivity index (χ1v) is 22.0. The number of carbonyl (C=O) groups excluding carboxylic acids is 2. The highest BCUT2D eigenvalue weighted by molar-refractivity contribution is 7.46. The van der Waals surface area contributed by atoms with Gasteiger partial charge in [-0.25, -0.2) is 4.79 Å². The molecule has 1 saturated carbocycles. The zero-order valence-electron chi connectivity index (χ0n) is 34.5. The Balaban J connectivity index is 1.34. The largest absolute Gasteiger partial charge is 0.746 e. The number of likely N-dealkylation sites (N-methyl/N-ethyl adjacent to an activating group) is 1. The first-order valence-electron chi connectivity index (χ1n) is 20.1. The quantitative estimate of drug-likeness (QED) is 0.0893. The zero-order valence-corrected chi connectivity index (χ0v) is 36.1. The molecule has 1 heterocycles. The molecule has 3 aromatic rings. The van der Waals surface area contributed by atoms with Gasteiger partial charge in [0, 0.05) is 28.2 Å². The minimum Gasteiger partial charge on any atom is -0.746 e. The molecule has 0 aliphatic heterocycles. The minimum absolute atomic E-state index is 0.0168. The maximum atomic E-state index is 14.4. The van der Waals surface area contributed by atoms with Crippen molar-refractivity contribution in [2.45, 2.75) is 94.7 Å². The fourth-order valence-corrected chi connectivity index (χ4v) is 10.4. The van der Waals surface area contributed by atoms with Gasteiger partial charge >= 0.3 is 25.9 Å². The lowest BCUT2D eigenvalue weighted by Gasteiger charge is -2.51. The van der Waals surface area contributed by atoms with E-state index in [1.807, 2.05) is 33.3 Å². The van der Waals surface area contributed by atoms with Crippen LogP contribution in [0.25, 0.3) is 0 Å². The van der Waals surface area contributed by atoms with Gasteiger partial charge in [-0.1, -0.05) is 37.6 Å². The molecule has 1 fully saturated rings. The maximum absolute atomic E-state index is 14.4. The molecule has 4 atom stereocenters. The van der Waals surface area contributed by atoms with Gasteiger partial charge in [-0.2, -0.15) is 13.2 Å². The molecule has 16 heteroatoms. The Kier molecular flexibility index (Phi) is 13.2. The van der Waals surface area contributed by atoms with Gasteiger partial charge in [-0.3, -0.25) is 19.2 Å². The molecule has 0 radical (unpaired) electrons. The van der Waals surface area contributed by atoms with E-state index in [9.17, 15) is 32.2 Å². The number of rotatable bonds is 14. The van der Waals surface area contributed by atoms with Crippen molar-refractivity contribution in [2.24, 2.45) is 11.8 Å². The molecular formula is C43H54ClF3N3O8P. The second kappa shape index (κ2) is 17.4. The molecule has 3 aliphatic rings. The number of carbonyl (C=O) groups is 2. The van der Waals surface area contributed by atoms with E-state index in [4.69, 9.17) is 30.1 Å². The Morgan fingerprint density at radius 2 is 1.83 bits per heavy atom. The van der Waals surface area contributed by atoms with Gasteiger partial charge in [0.15, 0.2) is 0 Å². The molecule has 0 saturated heterocycles. The summed E-state index contributed by atoms with van der Waals surface area (Å²) >= 11 is 6.23. The average molecular weight is 864 g/mol. The Labute approximate surface area is 349 Å². The van der Waals surface area contributed by atoms with Crippen molar-refractivity contribution in [3.63, 3.8) is 0 Å². The number of esters is 1. The first kappa shape index (κ1) is 44.9. The molecule has 1 unspecified atom stereocenters. The van der Waals surface area contributed by atoms with Gasteiger partial charge in [0.25, 0.3) is 0 Å². The molecule has 322 valence electrons. The Morgan fingerprint density at radius 3 is 2.49 bits per heavy atom. The van der Waals surface area contributed by atoms with Crippen LogP contribution in [0.15, 0.2) is 54.7 Å². The van der Waals surface area contributed by atoms with Crippen LogP contribution < -0.4 is 19.1 Å². The molecule has 1 amide bonds. The van der Waals surface area contributed by atoms with Crippen molar-refractivity contribution in [2.75, 3.05) is 52.9 Å². The lowest BCUT2D eigenvalue weighted by molar-refractivity contribution is -0.870. The highest BCUT2D eigenvalue weighted by atomic mass is 35.5. The van der Waals surface area contributed by atoms with Crippen LogP contribution in [0.5, 0.6) is 11.5 Å². The summed E-state index contributed by atoms with van der Waals surface area (Å²) in [6.07, 6.45) is 0.689. The fourth-order valence-electron chi connectivity index (χ4n) is 9.48. The number of methoxy groups -OCH3 is 1. The van der Waals surface area contributed by atoms with Crippen molar-refractivity contribution in [3.8, 4) is 11.5 Å². The molecule has 3 aliphatic carbocycles. The van der Waals surface area contributed by atoms with Crippen LogP contribution >= 0.6 is 19.4 Å². The van der Waals surface area contributed by atoms with E-state index in [1.54, 1.807) is 18.3 Å². The van der Waals surface area contributed by atoms with E-state index in [1.165, 1.54) is 24.3 Å². The molecule has 11 nitrogen and oxygen atoms in total. The van der Waals surface area contributed by atoms with Gasteiger partial charge in [0.05, 0.1) is 34.9 Å². The number of aryl methyl sites for hydroxylation is 1. The Morgan fingerprint density at radius 1 is 1.10 bits per heavy atom. The van der Waals surface area contributed by atoms with Gasteiger partial charge < -0.3 is 27.9 Å². The van der Waals surface area contributed by atoms with Crippen LogP contribution in [0.2, 0.25) is 5.02 Å². The zero-order chi connectivity index (χ0) is 43.0. The minimum atomic E-state index is -5.32. The number of anilines is 1.